The van der Waals surface area contributed by atoms with Gasteiger partial charge < -0.3 is 10.4 Å². The summed E-state index contributed by atoms with van der Waals surface area (Å²) in [6.45, 7) is 3.12. The molecule has 1 fully saturated rings. The fourth-order valence-corrected chi connectivity index (χ4v) is 5.20. The summed E-state index contributed by atoms with van der Waals surface area (Å²) in [5, 5.41) is 12.2. The number of thiazole rings is 1. The van der Waals surface area contributed by atoms with Gasteiger partial charge in [0.25, 0.3) is 10.0 Å². The number of hydrogen-bond donors (Lipinski definition) is 2. The van der Waals surface area contributed by atoms with Gasteiger partial charge in [-0.15, -0.1) is 11.3 Å². The number of carboxylic acid groups (broad SMARTS) is 1. The number of carbonyl (C=O) groups is 1. The van der Waals surface area contributed by atoms with E-state index in [-0.39, 0.29) is 16.7 Å². The van der Waals surface area contributed by atoms with Gasteiger partial charge >= 0.3 is 5.97 Å². The maximum atomic E-state index is 12.5. The average Bonchev–Trinajstić information content (AvgIpc) is 2.86. The van der Waals surface area contributed by atoms with Gasteiger partial charge in [0.05, 0.1) is 17.7 Å². The molecule has 118 valence electrons. The number of rotatable bonds is 6. The van der Waals surface area contributed by atoms with Crippen LogP contribution in [0, 0.1) is 12.8 Å². The van der Waals surface area contributed by atoms with Gasteiger partial charge in [-0.3, -0.25) is 4.79 Å². The molecular weight excluding hydrogens is 314 g/mol. The fourth-order valence-electron chi connectivity index (χ4n) is 2.38. The normalized spacial score (nSPS) is 20.5. The lowest BCUT2D eigenvalue weighted by molar-refractivity contribution is -0.136. The van der Waals surface area contributed by atoms with Crippen LogP contribution in [0.4, 0.5) is 0 Å². The molecule has 0 saturated carbocycles. The van der Waals surface area contributed by atoms with Crippen LogP contribution < -0.4 is 5.32 Å². The predicted molar refractivity (Wildman–Crippen MR) is 78.8 cm³/mol. The van der Waals surface area contributed by atoms with Crippen molar-refractivity contribution in [3.05, 3.63) is 11.2 Å². The molecule has 0 radical (unpaired) electrons. The molecule has 1 aliphatic heterocycles. The Morgan fingerprint density at radius 2 is 2.38 bits per heavy atom. The highest BCUT2D eigenvalue weighted by molar-refractivity contribution is 7.91. The quantitative estimate of drug-likeness (QED) is 0.787. The maximum absolute atomic E-state index is 12.5. The summed E-state index contributed by atoms with van der Waals surface area (Å²) in [7, 11) is -3.47. The van der Waals surface area contributed by atoms with E-state index in [1.165, 1.54) is 21.8 Å². The summed E-state index contributed by atoms with van der Waals surface area (Å²) in [4.78, 5) is 14.5. The van der Waals surface area contributed by atoms with Gasteiger partial charge in [-0.2, -0.15) is 4.31 Å². The van der Waals surface area contributed by atoms with Gasteiger partial charge in [0.15, 0.2) is 4.21 Å². The molecule has 9 heteroatoms. The van der Waals surface area contributed by atoms with Gasteiger partial charge in [-0.25, -0.2) is 13.4 Å². The zero-order valence-electron chi connectivity index (χ0n) is 11.8. The second kappa shape index (κ2) is 6.82. The Morgan fingerprint density at radius 3 is 3.00 bits per heavy atom. The van der Waals surface area contributed by atoms with E-state index in [1.54, 1.807) is 6.92 Å². The number of aliphatic carboxylic acids is 1. The van der Waals surface area contributed by atoms with Crippen molar-refractivity contribution in [3.8, 4) is 0 Å². The highest BCUT2D eigenvalue weighted by Crippen LogP contribution is 2.26. The maximum Gasteiger partial charge on any atom is 0.317 e. The van der Waals surface area contributed by atoms with E-state index in [1.807, 2.05) is 0 Å². The number of hydrogen-bond acceptors (Lipinski definition) is 6. The molecule has 0 bridgehead atoms. The van der Waals surface area contributed by atoms with Gasteiger partial charge in [-0.1, -0.05) is 0 Å². The summed E-state index contributed by atoms with van der Waals surface area (Å²) in [5.41, 5.74) is 0. The fraction of sp³-hybridized carbons (Fsp3) is 0.667. The summed E-state index contributed by atoms with van der Waals surface area (Å²) in [6, 6.07) is 0. The first-order valence-electron chi connectivity index (χ1n) is 6.74. The van der Waals surface area contributed by atoms with Crippen LogP contribution in [0.15, 0.2) is 10.4 Å². The van der Waals surface area contributed by atoms with Crippen LogP contribution in [-0.4, -0.2) is 55.0 Å². The van der Waals surface area contributed by atoms with Gasteiger partial charge in [-0.05, 0) is 32.2 Å². The van der Waals surface area contributed by atoms with E-state index in [2.05, 4.69) is 10.3 Å². The van der Waals surface area contributed by atoms with Crippen LogP contribution in [0.3, 0.4) is 0 Å². The molecule has 0 spiro atoms. The van der Waals surface area contributed by atoms with E-state index >= 15 is 0 Å². The Balaban J connectivity index is 1.98. The lowest BCUT2D eigenvalue weighted by atomic mass is 10.00. The van der Waals surface area contributed by atoms with Crippen LogP contribution in [0.25, 0.3) is 0 Å². The summed E-state index contributed by atoms with van der Waals surface area (Å²) >= 11 is 1.18. The zero-order valence-corrected chi connectivity index (χ0v) is 13.4. The van der Waals surface area contributed by atoms with Crippen LogP contribution in [-0.2, 0) is 14.8 Å². The number of aryl methyl sites for hydroxylation is 1. The first-order valence-corrected chi connectivity index (χ1v) is 9.00. The molecule has 2 rings (SSSR count). The molecule has 1 aliphatic rings. The van der Waals surface area contributed by atoms with Crippen LogP contribution in [0.2, 0.25) is 0 Å². The Hall–Kier alpha value is -1.03. The molecule has 1 unspecified atom stereocenters. The molecule has 0 aliphatic carbocycles. The van der Waals surface area contributed by atoms with E-state index < -0.39 is 16.0 Å². The van der Waals surface area contributed by atoms with Crippen LogP contribution in [0.5, 0.6) is 0 Å². The van der Waals surface area contributed by atoms with Crippen molar-refractivity contribution < 1.29 is 18.3 Å². The minimum atomic E-state index is -3.47. The summed E-state index contributed by atoms with van der Waals surface area (Å²) < 4.78 is 26.8. The largest absolute Gasteiger partial charge is 0.480 e. The standard InChI is InChI=1S/C12H19N3O4S2/c1-9-14-7-12(20-9)21(18,19)15-4-2-3-10(8-15)5-13-6-11(16)17/h7,10,13H,2-6,8H2,1H3,(H,16,17). The van der Waals surface area contributed by atoms with Gasteiger partial charge in [0, 0.05) is 13.1 Å². The van der Waals surface area contributed by atoms with Crippen molar-refractivity contribution >= 4 is 27.3 Å². The minimum Gasteiger partial charge on any atom is -0.480 e. The predicted octanol–water partition coefficient (Wildman–Crippen LogP) is 0.526. The SMILES string of the molecule is Cc1ncc(S(=O)(=O)N2CCCC(CNCC(=O)O)C2)s1. The van der Waals surface area contributed by atoms with E-state index in [0.29, 0.717) is 19.6 Å². The summed E-state index contributed by atoms with van der Waals surface area (Å²) in [5.74, 6) is -0.766. The second-order valence-electron chi connectivity index (χ2n) is 5.09. The number of aromatic nitrogens is 1. The molecule has 1 saturated heterocycles. The Kier molecular flexibility index (Phi) is 5.31. The molecule has 7 nitrogen and oxygen atoms in total. The number of carboxylic acids is 1. The van der Waals surface area contributed by atoms with Crippen molar-refractivity contribution in [3.63, 3.8) is 0 Å². The monoisotopic (exact) mass is 333 g/mol. The molecule has 1 atom stereocenters. The number of nitrogens with one attached hydrogen (secondary N) is 1. The molecule has 2 N–H and O–H groups in total. The lowest BCUT2D eigenvalue weighted by Gasteiger charge is -2.31. The third kappa shape index (κ3) is 4.22. The second-order valence-corrected chi connectivity index (χ2v) is 8.49. The van der Waals surface area contributed by atoms with E-state index in [0.717, 1.165) is 17.8 Å². The van der Waals surface area contributed by atoms with Crippen molar-refractivity contribution in [2.75, 3.05) is 26.2 Å². The van der Waals surface area contributed by atoms with Crippen molar-refractivity contribution in [2.24, 2.45) is 5.92 Å². The first kappa shape index (κ1) is 16.3. The molecule has 0 aromatic carbocycles. The smallest absolute Gasteiger partial charge is 0.317 e. The third-order valence-electron chi connectivity index (χ3n) is 3.39. The van der Waals surface area contributed by atoms with Gasteiger partial charge in [0.1, 0.15) is 0 Å². The van der Waals surface area contributed by atoms with Crippen molar-refractivity contribution in [1.29, 1.82) is 0 Å². The molecule has 0 amide bonds. The van der Waals surface area contributed by atoms with Gasteiger partial charge in [0.2, 0.25) is 0 Å². The molecular formula is C12H19N3O4S2. The lowest BCUT2D eigenvalue weighted by Crippen LogP contribution is -2.43. The number of nitrogens with zero attached hydrogens (tertiary/aromatic N) is 2. The average molecular weight is 333 g/mol. The highest BCUT2D eigenvalue weighted by atomic mass is 32.2. The number of sulfonamides is 1. The zero-order chi connectivity index (χ0) is 15.5. The molecule has 2 heterocycles. The Bertz CT molecular complexity index is 599. The van der Waals surface area contributed by atoms with E-state index in [4.69, 9.17) is 5.11 Å². The van der Waals surface area contributed by atoms with Crippen molar-refractivity contribution in [2.45, 2.75) is 24.0 Å². The number of piperidine rings is 1. The topological polar surface area (TPSA) is 99.6 Å². The van der Waals surface area contributed by atoms with Crippen molar-refractivity contribution in [1.82, 2.24) is 14.6 Å². The molecule has 1 aromatic rings. The Labute approximate surface area is 128 Å². The molecule has 1 aromatic heterocycles. The Morgan fingerprint density at radius 1 is 1.62 bits per heavy atom. The molecule has 21 heavy (non-hydrogen) atoms. The summed E-state index contributed by atoms with van der Waals surface area (Å²) in [6.07, 6.45) is 3.10. The minimum absolute atomic E-state index is 0.0999. The van der Waals surface area contributed by atoms with Crippen LogP contribution >= 0.6 is 11.3 Å². The van der Waals surface area contributed by atoms with E-state index in [9.17, 15) is 13.2 Å². The first-order chi connectivity index (χ1) is 9.89. The third-order valence-corrected chi connectivity index (χ3v) is 6.60. The highest BCUT2D eigenvalue weighted by Gasteiger charge is 2.31. The van der Waals surface area contributed by atoms with Crippen LogP contribution in [0.1, 0.15) is 17.8 Å².